The molecule has 2 atom stereocenters. The molecule has 0 spiro atoms. The highest BCUT2D eigenvalue weighted by atomic mass is 28.3. The van der Waals surface area contributed by atoms with Gasteiger partial charge >= 0.3 is 0 Å². The number of nitrogens with zero attached hydrogens (tertiary/aromatic N) is 1. The highest BCUT2D eigenvalue weighted by Gasteiger charge is 2.50. The summed E-state index contributed by atoms with van der Waals surface area (Å²) < 4.78 is 2.42. The summed E-state index contributed by atoms with van der Waals surface area (Å²) in [4.78, 5) is 0. The molecule has 2 heteroatoms. The quantitative estimate of drug-likeness (QED) is 0.100. The Morgan fingerprint density at radius 1 is 0.263 bits per heavy atom. The van der Waals surface area contributed by atoms with Gasteiger partial charge in [-0.3, -0.25) is 0 Å². The van der Waals surface area contributed by atoms with E-state index in [-0.39, 0.29) is 11.8 Å². The Hall–Kier alpha value is -9.34. The third-order valence-corrected chi connectivity index (χ3v) is 21.5. The number of rotatable bonds is 9. The first-order valence-corrected chi connectivity index (χ1v) is 28.6. The molecule has 1 heterocycles. The van der Waals surface area contributed by atoms with E-state index < -0.39 is 8.07 Å². The van der Waals surface area contributed by atoms with Crippen molar-refractivity contribution in [3.05, 3.63) is 331 Å². The molecule has 12 aromatic carbocycles. The highest BCUT2D eigenvalue weighted by Crippen LogP contribution is 2.57. The molecule has 0 fully saturated rings. The van der Waals surface area contributed by atoms with E-state index in [4.69, 9.17) is 0 Å². The minimum absolute atomic E-state index is 0.00890. The second-order valence-corrected chi connectivity index (χ2v) is 24.4. The third-order valence-electron chi connectivity index (χ3n) is 16.7. The van der Waals surface area contributed by atoms with Crippen molar-refractivity contribution in [3.8, 4) is 50.2 Å². The molecule has 13 aromatic rings. The molecule has 0 aliphatic heterocycles. The fourth-order valence-electron chi connectivity index (χ4n) is 13.5. The zero-order valence-electron chi connectivity index (χ0n) is 41.9. The Labute approximate surface area is 445 Å². The molecule has 0 N–H and O–H groups in total. The van der Waals surface area contributed by atoms with Crippen LogP contribution >= 0.6 is 0 Å². The molecule has 16 rings (SSSR count). The summed E-state index contributed by atoms with van der Waals surface area (Å²) in [6.45, 7) is 0. The van der Waals surface area contributed by atoms with Gasteiger partial charge in [0, 0.05) is 28.3 Å². The Bertz CT molecular complexity index is 4230. The topological polar surface area (TPSA) is 4.93 Å². The zero-order valence-corrected chi connectivity index (χ0v) is 42.9. The number of hydrogen-bond acceptors (Lipinski definition) is 0. The summed E-state index contributed by atoms with van der Waals surface area (Å²) in [5.41, 5.74) is 22.0. The Balaban J connectivity index is 0.973. The molecule has 0 amide bonds. The number of fused-ring (bicyclic) bond motifs is 3. The lowest BCUT2D eigenvalue weighted by molar-refractivity contribution is 0.760. The van der Waals surface area contributed by atoms with E-state index in [1.54, 1.807) is 0 Å². The first-order valence-electron chi connectivity index (χ1n) is 26.6. The Morgan fingerprint density at radius 2 is 0.737 bits per heavy atom. The van der Waals surface area contributed by atoms with Gasteiger partial charge in [-0.25, -0.2) is 0 Å². The minimum Gasteiger partial charge on any atom is -0.309 e. The first kappa shape index (κ1) is 44.2. The average molecular weight is 982 g/mol. The van der Waals surface area contributed by atoms with E-state index in [1.807, 2.05) is 0 Å². The van der Waals surface area contributed by atoms with E-state index >= 15 is 0 Å². The molecule has 3 aliphatic rings. The standard InChI is InChI=1S/C74H51NSi/c1-6-23-50(24-7-1)55-46-56(51-25-8-2-9-26-51)48-60(47-55)76(58-31-12-4-13-32-58,59-33-14-5-15-34-59)70-42-22-40-67-71-64-36-16-17-37-65(64)74(73(67)70)72-61(38-21-39-66(71)72)54-28-20-27-52(45-54)53-43-44-63-62-35-18-19-41-68(62)75(69(63)49-53)57-29-10-3-11-30-57/h1-49,71,74H. The van der Waals surface area contributed by atoms with Gasteiger partial charge in [-0.05, 0) is 135 Å². The van der Waals surface area contributed by atoms with Crippen molar-refractivity contribution in [1.82, 2.24) is 4.57 Å². The van der Waals surface area contributed by atoms with E-state index in [0.29, 0.717) is 0 Å². The van der Waals surface area contributed by atoms with Crippen LogP contribution in [0.15, 0.2) is 297 Å². The van der Waals surface area contributed by atoms with E-state index in [2.05, 4.69) is 302 Å². The molecule has 0 saturated carbocycles. The van der Waals surface area contributed by atoms with Crippen molar-refractivity contribution in [2.24, 2.45) is 0 Å². The summed E-state index contributed by atoms with van der Waals surface area (Å²) in [6.07, 6.45) is 0. The maximum atomic E-state index is 2.55. The van der Waals surface area contributed by atoms with Gasteiger partial charge in [-0.1, -0.05) is 261 Å². The average Bonchev–Trinajstić information content (AvgIpc) is 4.00. The number of hydrogen-bond donors (Lipinski definition) is 0. The van der Waals surface area contributed by atoms with Crippen LogP contribution < -0.4 is 20.7 Å². The van der Waals surface area contributed by atoms with Gasteiger partial charge in [-0.15, -0.1) is 0 Å². The SMILES string of the molecule is c1ccc(-c2cc(-c3ccccc3)cc([Si](c3ccccc3)(c3ccccc3)c3cccc4c3C3c5ccccc5C4c4cccc(-c5cccc(-c6ccc7c8ccccc8n(-c8ccccc8)c7c6)c5)c43)c2)cc1. The van der Waals surface area contributed by atoms with Crippen LogP contribution in [-0.4, -0.2) is 12.6 Å². The van der Waals surface area contributed by atoms with E-state index in [1.165, 1.54) is 120 Å². The molecule has 3 aliphatic carbocycles. The fourth-order valence-corrected chi connectivity index (χ4v) is 18.6. The molecular weight excluding hydrogens is 931 g/mol. The van der Waals surface area contributed by atoms with Crippen molar-refractivity contribution in [1.29, 1.82) is 0 Å². The number of aromatic nitrogens is 1. The lowest BCUT2D eigenvalue weighted by atomic mass is 9.60. The van der Waals surface area contributed by atoms with Gasteiger partial charge in [0.1, 0.15) is 0 Å². The van der Waals surface area contributed by atoms with Crippen LogP contribution in [0.3, 0.4) is 0 Å². The van der Waals surface area contributed by atoms with Crippen molar-refractivity contribution in [3.63, 3.8) is 0 Å². The normalized spacial score (nSPS) is 14.3. The van der Waals surface area contributed by atoms with Crippen molar-refractivity contribution in [2.45, 2.75) is 11.8 Å². The van der Waals surface area contributed by atoms with Crippen LogP contribution in [0.1, 0.15) is 45.2 Å². The predicted octanol–water partition coefficient (Wildman–Crippen LogP) is 15.8. The predicted molar refractivity (Wildman–Crippen MR) is 321 cm³/mol. The highest BCUT2D eigenvalue weighted by molar-refractivity contribution is 7.20. The van der Waals surface area contributed by atoms with Gasteiger partial charge in [0.15, 0.2) is 8.07 Å². The maximum absolute atomic E-state index is 3.20. The molecule has 2 unspecified atom stereocenters. The van der Waals surface area contributed by atoms with Gasteiger partial charge in [0.25, 0.3) is 0 Å². The summed E-state index contributed by atoms with van der Waals surface area (Å²) >= 11 is 0. The Kier molecular flexibility index (Phi) is 10.4. The van der Waals surface area contributed by atoms with Crippen molar-refractivity contribution < 1.29 is 0 Å². The van der Waals surface area contributed by atoms with Gasteiger partial charge in [-0.2, -0.15) is 0 Å². The molecular formula is C74H51NSi. The maximum Gasteiger partial charge on any atom is 0.179 e. The second kappa shape index (κ2) is 18.0. The van der Waals surface area contributed by atoms with Gasteiger partial charge in [0.05, 0.1) is 11.0 Å². The lowest BCUT2D eigenvalue weighted by Gasteiger charge is -2.47. The van der Waals surface area contributed by atoms with Crippen LogP contribution in [0.5, 0.6) is 0 Å². The first-order chi connectivity index (χ1) is 37.7. The van der Waals surface area contributed by atoms with Crippen LogP contribution in [-0.2, 0) is 0 Å². The molecule has 356 valence electrons. The molecule has 0 radical (unpaired) electrons. The molecule has 1 nitrogen and oxygen atoms in total. The molecule has 76 heavy (non-hydrogen) atoms. The Morgan fingerprint density at radius 3 is 1.41 bits per heavy atom. The van der Waals surface area contributed by atoms with Crippen molar-refractivity contribution in [2.75, 3.05) is 0 Å². The summed E-state index contributed by atoms with van der Waals surface area (Å²) in [7, 11) is -3.20. The monoisotopic (exact) mass is 981 g/mol. The molecule has 1 aromatic heterocycles. The lowest BCUT2D eigenvalue weighted by Crippen LogP contribution is -2.75. The van der Waals surface area contributed by atoms with Crippen LogP contribution in [0.25, 0.3) is 72.0 Å². The number of benzene rings is 12. The van der Waals surface area contributed by atoms with Gasteiger partial charge < -0.3 is 4.57 Å². The van der Waals surface area contributed by atoms with Gasteiger partial charge in [0.2, 0.25) is 0 Å². The smallest absolute Gasteiger partial charge is 0.179 e. The van der Waals surface area contributed by atoms with E-state index in [9.17, 15) is 0 Å². The summed E-state index contributed by atoms with van der Waals surface area (Å²) in [6, 6.07) is 112. The second-order valence-electron chi connectivity index (χ2n) is 20.6. The van der Waals surface area contributed by atoms with Crippen LogP contribution in [0, 0.1) is 0 Å². The zero-order chi connectivity index (χ0) is 50.2. The van der Waals surface area contributed by atoms with Crippen LogP contribution in [0.4, 0.5) is 0 Å². The van der Waals surface area contributed by atoms with Crippen molar-refractivity contribution >= 4 is 50.6 Å². The molecule has 0 saturated heterocycles. The van der Waals surface area contributed by atoms with Crippen LogP contribution in [0.2, 0.25) is 0 Å². The third kappa shape index (κ3) is 6.84. The molecule has 2 bridgehead atoms. The largest absolute Gasteiger partial charge is 0.309 e. The van der Waals surface area contributed by atoms with E-state index in [0.717, 1.165) is 5.69 Å². The fraction of sp³-hybridized carbons (Fsp3) is 0.0270. The minimum atomic E-state index is -3.20. The summed E-state index contributed by atoms with van der Waals surface area (Å²) in [5.74, 6) is 0.0655. The summed E-state index contributed by atoms with van der Waals surface area (Å²) in [5, 5.41) is 8.09. The number of para-hydroxylation sites is 2.